The van der Waals surface area contributed by atoms with Crippen LogP contribution >= 0.6 is 15.9 Å². The number of alkyl halides is 3. The molecule has 0 radical (unpaired) electrons. The van der Waals surface area contributed by atoms with E-state index in [-0.39, 0.29) is 12.5 Å². The van der Waals surface area contributed by atoms with Gasteiger partial charge in [-0.25, -0.2) is 0 Å². The normalized spacial score (nSPS) is 13.9. The van der Waals surface area contributed by atoms with Crippen molar-refractivity contribution in [2.45, 2.75) is 38.4 Å². The Kier molecular flexibility index (Phi) is 5.52. The van der Waals surface area contributed by atoms with Gasteiger partial charge in [0.05, 0.1) is 6.26 Å². The standard InChI is InChI=1S/C11H15BrF3NO/c1-2-16-9(4-3-6-11(13,14)15)8-5-7-17-10(8)12/h5,7,9,16H,2-4,6H2,1H3. The van der Waals surface area contributed by atoms with Gasteiger partial charge >= 0.3 is 6.18 Å². The Morgan fingerprint density at radius 3 is 2.65 bits per heavy atom. The van der Waals surface area contributed by atoms with E-state index in [4.69, 9.17) is 4.42 Å². The van der Waals surface area contributed by atoms with Crippen molar-refractivity contribution in [3.05, 3.63) is 22.6 Å². The summed E-state index contributed by atoms with van der Waals surface area (Å²) in [6.45, 7) is 2.62. The summed E-state index contributed by atoms with van der Waals surface area (Å²) in [6.07, 6.45) is -2.76. The van der Waals surface area contributed by atoms with E-state index in [9.17, 15) is 13.2 Å². The molecule has 0 saturated carbocycles. The Morgan fingerprint density at radius 2 is 2.18 bits per heavy atom. The van der Waals surface area contributed by atoms with E-state index >= 15 is 0 Å². The molecule has 1 aromatic rings. The second-order valence-electron chi connectivity index (χ2n) is 3.77. The predicted octanol–water partition coefficient (Wildman–Crippen LogP) is 4.43. The van der Waals surface area contributed by atoms with Gasteiger partial charge in [0.15, 0.2) is 4.67 Å². The van der Waals surface area contributed by atoms with E-state index in [0.29, 0.717) is 17.6 Å². The molecule has 1 atom stereocenters. The second kappa shape index (κ2) is 6.44. The fraction of sp³-hybridized carbons (Fsp3) is 0.636. The molecule has 0 saturated heterocycles. The number of nitrogens with one attached hydrogen (secondary N) is 1. The molecule has 2 nitrogen and oxygen atoms in total. The zero-order valence-corrected chi connectivity index (χ0v) is 11.1. The van der Waals surface area contributed by atoms with Gasteiger partial charge in [0.25, 0.3) is 0 Å². The van der Waals surface area contributed by atoms with Gasteiger partial charge in [-0.2, -0.15) is 13.2 Å². The molecule has 1 unspecified atom stereocenters. The molecule has 6 heteroatoms. The van der Waals surface area contributed by atoms with Crippen LogP contribution < -0.4 is 5.32 Å². The van der Waals surface area contributed by atoms with E-state index < -0.39 is 12.6 Å². The largest absolute Gasteiger partial charge is 0.457 e. The monoisotopic (exact) mass is 313 g/mol. The lowest BCUT2D eigenvalue weighted by Gasteiger charge is -2.17. The molecule has 1 aromatic heterocycles. The number of halogens is 4. The number of hydrogen-bond donors (Lipinski definition) is 1. The van der Waals surface area contributed by atoms with Crippen LogP contribution in [0.1, 0.15) is 37.8 Å². The van der Waals surface area contributed by atoms with Gasteiger partial charge in [-0.3, -0.25) is 0 Å². The molecule has 1 N–H and O–H groups in total. The fourth-order valence-electron chi connectivity index (χ4n) is 1.67. The van der Waals surface area contributed by atoms with Crippen LogP contribution in [0.15, 0.2) is 21.4 Å². The van der Waals surface area contributed by atoms with E-state index in [0.717, 1.165) is 5.56 Å². The first-order valence-corrected chi connectivity index (χ1v) is 6.26. The van der Waals surface area contributed by atoms with Gasteiger partial charge in [-0.15, -0.1) is 0 Å². The molecule has 17 heavy (non-hydrogen) atoms. The third kappa shape index (κ3) is 5.12. The van der Waals surface area contributed by atoms with E-state index in [1.54, 1.807) is 6.07 Å². The summed E-state index contributed by atoms with van der Waals surface area (Å²) in [5.74, 6) is 0. The molecule has 0 aliphatic heterocycles. The Bertz CT molecular complexity index is 338. The average molecular weight is 314 g/mol. The highest BCUT2D eigenvalue weighted by molar-refractivity contribution is 9.10. The summed E-state index contributed by atoms with van der Waals surface area (Å²) < 4.78 is 41.9. The topological polar surface area (TPSA) is 25.2 Å². The zero-order valence-electron chi connectivity index (χ0n) is 9.48. The van der Waals surface area contributed by atoms with Crippen LogP contribution in [0.3, 0.4) is 0 Å². The van der Waals surface area contributed by atoms with Gasteiger partial charge in [0.1, 0.15) is 0 Å². The molecule has 0 amide bonds. The lowest BCUT2D eigenvalue weighted by molar-refractivity contribution is -0.135. The summed E-state index contributed by atoms with van der Waals surface area (Å²) in [4.78, 5) is 0. The van der Waals surface area contributed by atoms with Crippen molar-refractivity contribution >= 4 is 15.9 Å². The highest BCUT2D eigenvalue weighted by atomic mass is 79.9. The Morgan fingerprint density at radius 1 is 1.47 bits per heavy atom. The molecular weight excluding hydrogens is 299 g/mol. The third-order valence-corrected chi connectivity index (χ3v) is 3.07. The van der Waals surface area contributed by atoms with Gasteiger partial charge in [-0.1, -0.05) is 6.92 Å². The van der Waals surface area contributed by atoms with Gasteiger partial charge in [-0.05, 0) is 41.4 Å². The Labute approximate surface area is 107 Å². The van der Waals surface area contributed by atoms with E-state index in [1.165, 1.54) is 6.26 Å². The molecule has 0 aliphatic rings. The first-order chi connectivity index (χ1) is 7.94. The lowest BCUT2D eigenvalue weighted by atomic mass is 10.0. The van der Waals surface area contributed by atoms with Crippen molar-refractivity contribution in [3.63, 3.8) is 0 Å². The minimum atomic E-state index is -4.08. The predicted molar refractivity (Wildman–Crippen MR) is 62.7 cm³/mol. The number of furan rings is 1. The van der Waals surface area contributed by atoms with Crippen molar-refractivity contribution in [2.24, 2.45) is 0 Å². The maximum absolute atomic E-state index is 12.1. The first-order valence-electron chi connectivity index (χ1n) is 5.47. The van der Waals surface area contributed by atoms with Crippen LogP contribution in [-0.4, -0.2) is 12.7 Å². The van der Waals surface area contributed by atoms with Crippen LogP contribution in [0.5, 0.6) is 0 Å². The van der Waals surface area contributed by atoms with Crippen molar-refractivity contribution < 1.29 is 17.6 Å². The van der Waals surface area contributed by atoms with Crippen molar-refractivity contribution in [1.29, 1.82) is 0 Å². The number of hydrogen-bond acceptors (Lipinski definition) is 2. The maximum atomic E-state index is 12.1. The molecule has 0 fully saturated rings. The van der Waals surface area contributed by atoms with Crippen LogP contribution in [0.25, 0.3) is 0 Å². The summed E-state index contributed by atoms with van der Waals surface area (Å²) in [5, 5.41) is 3.15. The Hall–Kier alpha value is -0.490. The minimum absolute atomic E-state index is 0.101. The zero-order chi connectivity index (χ0) is 12.9. The molecule has 1 rings (SSSR count). The molecule has 98 valence electrons. The molecule has 0 aromatic carbocycles. The summed E-state index contributed by atoms with van der Waals surface area (Å²) in [7, 11) is 0. The van der Waals surface area contributed by atoms with E-state index in [1.807, 2.05) is 6.92 Å². The molecule has 0 aliphatic carbocycles. The molecule has 0 bridgehead atoms. The van der Waals surface area contributed by atoms with Gasteiger partial charge in [0, 0.05) is 18.0 Å². The summed E-state index contributed by atoms with van der Waals surface area (Å²) >= 11 is 3.24. The smallest absolute Gasteiger partial charge is 0.389 e. The fourth-order valence-corrected chi connectivity index (χ4v) is 2.19. The third-order valence-electron chi connectivity index (χ3n) is 2.43. The molecular formula is C11H15BrF3NO. The highest BCUT2D eigenvalue weighted by Gasteiger charge is 2.27. The summed E-state index contributed by atoms with van der Waals surface area (Å²) in [6, 6.07) is 1.67. The second-order valence-corrected chi connectivity index (χ2v) is 4.49. The molecule has 0 spiro atoms. The highest BCUT2D eigenvalue weighted by Crippen LogP contribution is 2.30. The number of rotatable bonds is 6. The SMILES string of the molecule is CCNC(CCCC(F)(F)F)c1ccoc1Br. The van der Waals surface area contributed by atoms with Gasteiger partial charge in [0.2, 0.25) is 0 Å². The van der Waals surface area contributed by atoms with Crippen LogP contribution in [-0.2, 0) is 0 Å². The quantitative estimate of drug-likeness (QED) is 0.840. The van der Waals surface area contributed by atoms with Crippen LogP contribution in [0.4, 0.5) is 13.2 Å². The maximum Gasteiger partial charge on any atom is 0.389 e. The molecule has 1 heterocycles. The van der Waals surface area contributed by atoms with Gasteiger partial charge < -0.3 is 9.73 Å². The van der Waals surface area contributed by atoms with Crippen molar-refractivity contribution in [3.8, 4) is 0 Å². The average Bonchev–Trinajstić information content (AvgIpc) is 2.61. The van der Waals surface area contributed by atoms with Crippen molar-refractivity contribution in [1.82, 2.24) is 5.32 Å². The lowest BCUT2D eigenvalue weighted by Crippen LogP contribution is -2.21. The van der Waals surface area contributed by atoms with Crippen LogP contribution in [0.2, 0.25) is 0 Å². The minimum Gasteiger partial charge on any atom is -0.457 e. The first kappa shape index (κ1) is 14.6. The van der Waals surface area contributed by atoms with Crippen molar-refractivity contribution in [2.75, 3.05) is 6.54 Å². The van der Waals surface area contributed by atoms with Crippen LogP contribution in [0, 0.1) is 0 Å². The van der Waals surface area contributed by atoms with E-state index in [2.05, 4.69) is 21.2 Å². The Balaban J connectivity index is 2.53. The summed E-state index contributed by atoms with van der Waals surface area (Å²) in [5.41, 5.74) is 0.869.